The number of Topliss-reactive ketones (excluding diaryl/α,β-unsaturated/α-hetero) is 1. The maximum atomic E-state index is 11.8. The highest BCUT2D eigenvalue weighted by Crippen LogP contribution is 2.22. The van der Waals surface area contributed by atoms with Crippen molar-refractivity contribution in [3.63, 3.8) is 0 Å². The summed E-state index contributed by atoms with van der Waals surface area (Å²) < 4.78 is 5.12. The molecule has 0 amide bonds. The summed E-state index contributed by atoms with van der Waals surface area (Å²) >= 11 is 0. The third-order valence-corrected chi connectivity index (χ3v) is 2.89. The first-order chi connectivity index (χ1) is 9.20. The van der Waals surface area contributed by atoms with Gasteiger partial charge in [-0.15, -0.1) is 0 Å². The molecule has 96 valence electrons. The van der Waals surface area contributed by atoms with Crippen LogP contribution in [0.3, 0.4) is 0 Å². The zero-order valence-electron chi connectivity index (χ0n) is 11.1. The van der Waals surface area contributed by atoms with E-state index >= 15 is 0 Å². The number of carbonyl (C=O) groups excluding carboxylic acids is 1. The van der Waals surface area contributed by atoms with E-state index in [0.29, 0.717) is 5.57 Å². The van der Waals surface area contributed by atoms with Gasteiger partial charge in [-0.2, -0.15) is 0 Å². The second kappa shape index (κ2) is 6.01. The summed E-state index contributed by atoms with van der Waals surface area (Å²) in [5.41, 5.74) is 2.62. The lowest BCUT2D eigenvalue weighted by Gasteiger charge is -2.06. The summed E-state index contributed by atoms with van der Waals surface area (Å²) in [7, 11) is 1.63. The van der Waals surface area contributed by atoms with Gasteiger partial charge in [0.1, 0.15) is 5.75 Å². The fourth-order valence-corrected chi connectivity index (χ4v) is 1.87. The Morgan fingerprint density at radius 1 is 1.00 bits per heavy atom. The van der Waals surface area contributed by atoms with Crippen LogP contribution in [0.25, 0.3) is 11.6 Å². The smallest absolute Gasteiger partial charge is 0.160 e. The van der Waals surface area contributed by atoms with Crippen LogP contribution in [-0.4, -0.2) is 12.9 Å². The Balaban J connectivity index is 2.40. The molecule has 2 aromatic carbocycles. The number of ketones is 1. The number of allylic oxidation sites excluding steroid dienone is 1. The van der Waals surface area contributed by atoms with Crippen molar-refractivity contribution in [2.75, 3.05) is 7.11 Å². The van der Waals surface area contributed by atoms with Crippen LogP contribution < -0.4 is 4.74 Å². The number of rotatable bonds is 4. The Labute approximate surface area is 113 Å². The number of benzene rings is 2. The lowest BCUT2D eigenvalue weighted by atomic mass is 9.99. The van der Waals surface area contributed by atoms with Gasteiger partial charge in [-0.05, 0) is 36.3 Å². The summed E-state index contributed by atoms with van der Waals surface area (Å²) in [5, 5.41) is 0. The van der Waals surface area contributed by atoms with E-state index in [-0.39, 0.29) is 5.78 Å². The molecular weight excluding hydrogens is 236 g/mol. The van der Waals surface area contributed by atoms with Crippen molar-refractivity contribution in [1.29, 1.82) is 0 Å². The average molecular weight is 252 g/mol. The van der Waals surface area contributed by atoms with E-state index in [0.717, 1.165) is 16.9 Å². The van der Waals surface area contributed by atoms with Crippen molar-refractivity contribution >= 4 is 17.4 Å². The highest BCUT2D eigenvalue weighted by Gasteiger charge is 2.07. The molecule has 0 aromatic heterocycles. The van der Waals surface area contributed by atoms with E-state index in [1.54, 1.807) is 14.0 Å². The predicted octanol–water partition coefficient (Wildman–Crippen LogP) is 3.82. The molecule has 0 N–H and O–H groups in total. The van der Waals surface area contributed by atoms with Gasteiger partial charge in [-0.3, -0.25) is 4.79 Å². The molecule has 0 saturated carbocycles. The van der Waals surface area contributed by atoms with Crippen LogP contribution in [0.5, 0.6) is 5.75 Å². The van der Waals surface area contributed by atoms with Crippen molar-refractivity contribution in [2.24, 2.45) is 0 Å². The van der Waals surface area contributed by atoms with Crippen LogP contribution >= 0.6 is 0 Å². The molecule has 0 radical (unpaired) electrons. The summed E-state index contributed by atoms with van der Waals surface area (Å²) in [6.45, 7) is 1.58. The van der Waals surface area contributed by atoms with Crippen molar-refractivity contribution in [2.45, 2.75) is 6.92 Å². The molecule has 0 spiro atoms. The minimum absolute atomic E-state index is 0.0500. The lowest BCUT2D eigenvalue weighted by Crippen LogP contribution is -1.96. The third-order valence-electron chi connectivity index (χ3n) is 2.89. The van der Waals surface area contributed by atoms with Crippen LogP contribution in [0.15, 0.2) is 54.6 Å². The van der Waals surface area contributed by atoms with Crippen LogP contribution in [0.1, 0.15) is 18.1 Å². The van der Waals surface area contributed by atoms with Crippen LogP contribution in [-0.2, 0) is 4.79 Å². The first-order valence-electron chi connectivity index (χ1n) is 6.13. The Morgan fingerprint density at radius 2 is 1.63 bits per heavy atom. The zero-order valence-corrected chi connectivity index (χ0v) is 11.1. The molecule has 0 aliphatic carbocycles. The number of hydrogen-bond acceptors (Lipinski definition) is 2. The van der Waals surface area contributed by atoms with Gasteiger partial charge in [0.15, 0.2) is 5.78 Å². The van der Waals surface area contributed by atoms with Gasteiger partial charge in [0.2, 0.25) is 0 Å². The van der Waals surface area contributed by atoms with Crippen molar-refractivity contribution in [3.05, 3.63) is 65.7 Å². The first-order valence-corrected chi connectivity index (χ1v) is 6.13. The zero-order chi connectivity index (χ0) is 13.7. The molecule has 0 heterocycles. The molecule has 0 saturated heterocycles. The van der Waals surface area contributed by atoms with Gasteiger partial charge in [-0.25, -0.2) is 0 Å². The molecule has 0 bridgehead atoms. The Kier molecular flexibility index (Phi) is 4.14. The number of carbonyl (C=O) groups is 1. The molecule has 0 aliphatic rings. The van der Waals surface area contributed by atoms with E-state index in [4.69, 9.17) is 4.74 Å². The number of methoxy groups -OCH3 is 1. The Bertz CT molecular complexity index is 580. The third kappa shape index (κ3) is 3.32. The van der Waals surface area contributed by atoms with Crippen molar-refractivity contribution in [1.82, 2.24) is 0 Å². The molecule has 2 aromatic rings. The van der Waals surface area contributed by atoms with E-state index in [9.17, 15) is 4.79 Å². The molecule has 0 aliphatic heterocycles. The SMILES string of the molecule is COc1ccc(/C(=C\c2ccccc2)C(C)=O)cc1. The minimum Gasteiger partial charge on any atom is -0.497 e. The number of hydrogen-bond donors (Lipinski definition) is 0. The predicted molar refractivity (Wildman–Crippen MR) is 78.0 cm³/mol. The lowest BCUT2D eigenvalue weighted by molar-refractivity contribution is -0.111. The monoisotopic (exact) mass is 252 g/mol. The quantitative estimate of drug-likeness (QED) is 0.610. The second-order valence-electron chi connectivity index (χ2n) is 4.25. The molecule has 2 nitrogen and oxygen atoms in total. The van der Waals surface area contributed by atoms with E-state index in [2.05, 4.69) is 0 Å². The molecular formula is C17H16O2. The van der Waals surface area contributed by atoms with Gasteiger partial charge < -0.3 is 4.74 Å². The summed E-state index contributed by atoms with van der Waals surface area (Å²) in [5.74, 6) is 0.834. The Morgan fingerprint density at radius 3 is 2.16 bits per heavy atom. The topological polar surface area (TPSA) is 26.3 Å². The summed E-state index contributed by atoms with van der Waals surface area (Å²) in [4.78, 5) is 11.8. The highest BCUT2D eigenvalue weighted by molar-refractivity contribution is 6.24. The fraction of sp³-hybridized carbons (Fsp3) is 0.118. The van der Waals surface area contributed by atoms with E-state index < -0.39 is 0 Å². The molecule has 2 rings (SSSR count). The fourth-order valence-electron chi connectivity index (χ4n) is 1.87. The van der Waals surface area contributed by atoms with Crippen LogP contribution in [0, 0.1) is 0 Å². The molecule has 0 unspecified atom stereocenters. The maximum Gasteiger partial charge on any atom is 0.160 e. The molecule has 0 atom stereocenters. The second-order valence-corrected chi connectivity index (χ2v) is 4.25. The first kappa shape index (κ1) is 13.1. The van der Waals surface area contributed by atoms with Gasteiger partial charge in [0.25, 0.3) is 0 Å². The highest BCUT2D eigenvalue weighted by atomic mass is 16.5. The van der Waals surface area contributed by atoms with E-state index in [1.807, 2.05) is 60.7 Å². The normalized spacial score (nSPS) is 11.2. The summed E-state index contributed by atoms with van der Waals surface area (Å²) in [6, 6.07) is 17.3. The van der Waals surface area contributed by atoms with Crippen LogP contribution in [0.4, 0.5) is 0 Å². The molecule has 2 heteroatoms. The number of ether oxygens (including phenoxy) is 1. The molecule has 0 fully saturated rings. The largest absolute Gasteiger partial charge is 0.497 e. The standard InChI is InChI=1S/C17H16O2/c1-13(18)17(12-14-6-4-3-5-7-14)15-8-10-16(19-2)11-9-15/h3-12H,1-2H3/b17-12-. The van der Waals surface area contributed by atoms with Crippen molar-refractivity contribution < 1.29 is 9.53 Å². The van der Waals surface area contributed by atoms with Crippen molar-refractivity contribution in [3.8, 4) is 5.75 Å². The minimum atomic E-state index is 0.0500. The summed E-state index contributed by atoms with van der Waals surface area (Å²) in [6.07, 6.45) is 1.91. The Hall–Kier alpha value is -2.35. The maximum absolute atomic E-state index is 11.8. The average Bonchev–Trinajstić information content (AvgIpc) is 2.46. The van der Waals surface area contributed by atoms with E-state index in [1.165, 1.54) is 0 Å². The van der Waals surface area contributed by atoms with Gasteiger partial charge in [0, 0.05) is 5.57 Å². The molecule has 19 heavy (non-hydrogen) atoms. The van der Waals surface area contributed by atoms with Crippen LogP contribution in [0.2, 0.25) is 0 Å². The van der Waals surface area contributed by atoms with Gasteiger partial charge in [-0.1, -0.05) is 42.5 Å². The van der Waals surface area contributed by atoms with Gasteiger partial charge >= 0.3 is 0 Å². The van der Waals surface area contributed by atoms with Gasteiger partial charge in [0.05, 0.1) is 7.11 Å².